The number of nitrogens with zero attached hydrogens (tertiary/aromatic N) is 1. The molecule has 0 bridgehead atoms. The first kappa shape index (κ1) is 16.2. The standard InChI is InChI=1S/C17H12BrFN2O3/c18-12-7-10(5-6-15(12)22)8-14-16(23)21(17(24)20-14)9-11-3-1-2-4-13(11)19/h1-8,22H,9H2,(H,20,24). The van der Waals surface area contributed by atoms with Crippen LogP contribution in [0.25, 0.3) is 6.08 Å². The van der Waals surface area contributed by atoms with Crippen LogP contribution in [0.4, 0.5) is 9.18 Å². The van der Waals surface area contributed by atoms with Crippen molar-refractivity contribution in [3.8, 4) is 5.75 Å². The number of phenolic OH excluding ortho intramolecular Hbond substituents is 1. The van der Waals surface area contributed by atoms with Gasteiger partial charge in [-0.15, -0.1) is 0 Å². The number of halogens is 2. The van der Waals surface area contributed by atoms with E-state index in [1.165, 1.54) is 24.3 Å². The molecule has 2 N–H and O–H groups in total. The van der Waals surface area contributed by atoms with Gasteiger partial charge in [-0.3, -0.25) is 9.69 Å². The van der Waals surface area contributed by atoms with Crippen molar-refractivity contribution in [2.75, 3.05) is 0 Å². The summed E-state index contributed by atoms with van der Waals surface area (Å²) in [4.78, 5) is 25.3. The molecule has 5 nitrogen and oxygen atoms in total. The van der Waals surface area contributed by atoms with Gasteiger partial charge in [-0.1, -0.05) is 24.3 Å². The van der Waals surface area contributed by atoms with Crippen LogP contribution in [0.5, 0.6) is 5.75 Å². The lowest BCUT2D eigenvalue weighted by Crippen LogP contribution is -2.30. The minimum atomic E-state index is -0.604. The fourth-order valence-corrected chi connectivity index (χ4v) is 2.69. The fraction of sp³-hybridized carbons (Fsp3) is 0.0588. The number of carbonyl (C=O) groups is 2. The second-order valence-corrected chi connectivity index (χ2v) is 6.04. The predicted molar refractivity (Wildman–Crippen MR) is 89.3 cm³/mol. The van der Waals surface area contributed by atoms with Crippen LogP contribution < -0.4 is 5.32 Å². The Labute approximate surface area is 145 Å². The number of hydrogen-bond acceptors (Lipinski definition) is 3. The number of amides is 3. The van der Waals surface area contributed by atoms with Crippen molar-refractivity contribution < 1.29 is 19.1 Å². The van der Waals surface area contributed by atoms with E-state index in [0.717, 1.165) is 4.90 Å². The van der Waals surface area contributed by atoms with Gasteiger partial charge >= 0.3 is 6.03 Å². The van der Waals surface area contributed by atoms with E-state index in [1.807, 2.05) is 0 Å². The molecule has 0 radical (unpaired) electrons. The molecule has 0 aliphatic carbocycles. The molecular formula is C17H12BrFN2O3. The van der Waals surface area contributed by atoms with Gasteiger partial charge in [0.15, 0.2) is 0 Å². The second-order valence-electron chi connectivity index (χ2n) is 5.18. The quantitative estimate of drug-likeness (QED) is 0.623. The van der Waals surface area contributed by atoms with Crippen LogP contribution in [0.3, 0.4) is 0 Å². The van der Waals surface area contributed by atoms with Crippen molar-refractivity contribution in [2.45, 2.75) is 6.54 Å². The summed E-state index contributed by atoms with van der Waals surface area (Å²) < 4.78 is 14.2. The van der Waals surface area contributed by atoms with Crippen LogP contribution in [-0.2, 0) is 11.3 Å². The Bertz CT molecular complexity index is 867. The lowest BCUT2D eigenvalue weighted by molar-refractivity contribution is -0.123. The summed E-state index contributed by atoms with van der Waals surface area (Å²) in [6.07, 6.45) is 1.49. The van der Waals surface area contributed by atoms with Gasteiger partial charge in [-0.05, 0) is 45.8 Å². The van der Waals surface area contributed by atoms with Crippen molar-refractivity contribution in [1.82, 2.24) is 10.2 Å². The van der Waals surface area contributed by atoms with E-state index in [2.05, 4.69) is 21.2 Å². The largest absolute Gasteiger partial charge is 0.507 e. The zero-order valence-electron chi connectivity index (χ0n) is 12.3. The molecule has 3 amide bonds. The van der Waals surface area contributed by atoms with E-state index < -0.39 is 17.8 Å². The summed E-state index contributed by atoms with van der Waals surface area (Å²) in [5.74, 6) is -0.939. The molecule has 2 aromatic rings. The molecule has 122 valence electrons. The van der Waals surface area contributed by atoms with Crippen LogP contribution in [0, 0.1) is 5.82 Å². The molecular weight excluding hydrogens is 379 g/mol. The number of nitrogens with one attached hydrogen (secondary N) is 1. The van der Waals surface area contributed by atoms with E-state index in [0.29, 0.717) is 10.0 Å². The monoisotopic (exact) mass is 390 g/mol. The molecule has 1 saturated heterocycles. The Balaban J connectivity index is 1.84. The molecule has 0 atom stereocenters. The number of urea groups is 1. The normalized spacial score (nSPS) is 15.9. The van der Waals surface area contributed by atoms with E-state index >= 15 is 0 Å². The molecule has 7 heteroatoms. The topological polar surface area (TPSA) is 69.6 Å². The number of imide groups is 1. The average molecular weight is 391 g/mol. The van der Waals surface area contributed by atoms with Crippen LogP contribution in [-0.4, -0.2) is 21.9 Å². The molecule has 0 spiro atoms. The number of rotatable bonds is 3. The van der Waals surface area contributed by atoms with Gasteiger partial charge < -0.3 is 10.4 Å². The number of aromatic hydroxyl groups is 1. The van der Waals surface area contributed by atoms with E-state index in [1.54, 1.807) is 24.3 Å². The van der Waals surface area contributed by atoms with Crippen molar-refractivity contribution in [3.05, 3.63) is 69.6 Å². The summed E-state index contributed by atoms with van der Waals surface area (Å²) in [6, 6.07) is 10.1. The molecule has 1 aliphatic rings. The number of benzene rings is 2. The highest BCUT2D eigenvalue weighted by atomic mass is 79.9. The van der Waals surface area contributed by atoms with Gasteiger partial charge in [-0.25, -0.2) is 9.18 Å². The van der Waals surface area contributed by atoms with E-state index in [4.69, 9.17) is 0 Å². The highest BCUT2D eigenvalue weighted by Gasteiger charge is 2.33. The number of phenols is 1. The maximum Gasteiger partial charge on any atom is 0.329 e. The minimum Gasteiger partial charge on any atom is -0.507 e. The van der Waals surface area contributed by atoms with Gasteiger partial charge in [0.1, 0.15) is 17.3 Å². The van der Waals surface area contributed by atoms with Gasteiger partial charge in [0.2, 0.25) is 0 Å². The minimum absolute atomic E-state index is 0.0695. The summed E-state index contributed by atoms with van der Waals surface area (Å²) in [7, 11) is 0. The molecule has 1 aliphatic heterocycles. The Morgan fingerprint density at radius 3 is 2.67 bits per heavy atom. The molecule has 0 saturated carbocycles. The smallest absolute Gasteiger partial charge is 0.329 e. The Hall–Kier alpha value is -2.67. The Morgan fingerprint density at radius 2 is 1.96 bits per heavy atom. The van der Waals surface area contributed by atoms with Crippen molar-refractivity contribution >= 4 is 33.9 Å². The molecule has 24 heavy (non-hydrogen) atoms. The van der Waals surface area contributed by atoms with E-state index in [9.17, 15) is 19.1 Å². The van der Waals surface area contributed by atoms with Crippen LogP contribution in [0.1, 0.15) is 11.1 Å². The van der Waals surface area contributed by atoms with Crippen molar-refractivity contribution in [2.24, 2.45) is 0 Å². The Kier molecular flexibility index (Phi) is 4.35. The second kappa shape index (κ2) is 6.45. The third-order valence-electron chi connectivity index (χ3n) is 3.53. The third kappa shape index (κ3) is 3.16. The highest BCUT2D eigenvalue weighted by Crippen LogP contribution is 2.26. The lowest BCUT2D eigenvalue weighted by atomic mass is 10.1. The zero-order valence-corrected chi connectivity index (χ0v) is 13.9. The third-order valence-corrected chi connectivity index (χ3v) is 4.17. The van der Waals surface area contributed by atoms with Crippen LogP contribution in [0.15, 0.2) is 52.6 Å². The van der Waals surface area contributed by atoms with E-state index in [-0.39, 0.29) is 23.6 Å². The number of hydrogen-bond donors (Lipinski definition) is 2. The highest BCUT2D eigenvalue weighted by molar-refractivity contribution is 9.10. The SMILES string of the molecule is O=C1NC(=Cc2ccc(O)c(Br)c2)C(=O)N1Cc1ccccc1F. The molecule has 2 aromatic carbocycles. The summed E-state index contributed by atoms with van der Waals surface area (Å²) >= 11 is 3.18. The summed E-state index contributed by atoms with van der Waals surface area (Å²) in [6.45, 7) is -0.145. The predicted octanol–water partition coefficient (Wildman–Crippen LogP) is 3.39. The Morgan fingerprint density at radius 1 is 1.21 bits per heavy atom. The van der Waals surface area contributed by atoms with Crippen molar-refractivity contribution in [3.63, 3.8) is 0 Å². The molecule has 1 heterocycles. The maximum atomic E-state index is 13.7. The van der Waals surface area contributed by atoms with Gasteiger partial charge in [0.25, 0.3) is 5.91 Å². The first-order valence-electron chi connectivity index (χ1n) is 7.02. The van der Waals surface area contributed by atoms with Gasteiger partial charge in [-0.2, -0.15) is 0 Å². The average Bonchev–Trinajstić information content (AvgIpc) is 2.80. The molecule has 0 aromatic heterocycles. The van der Waals surface area contributed by atoms with Gasteiger partial charge in [0.05, 0.1) is 11.0 Å². The van der Waals surface area contributed by atoms with Gasteiger partial charge in [0, 0.05) is 5.56 Å². The lowest BCUT2D eigenvalue weighted by Gasteiger charge is -2.12. The molecule has 3 rings (SSSR count). The number of carbonyl (C=O) groups excluding carboxylic acids is 2. The zero-order chi connectivity index (χ0) is 17.3. The summed E-state index contributed by atoms with van der Waals surface area (Å²) in [5.41, 5.74) is 0.972. The fourth-order valence-electron chi connectivity index (χ4n) is 2.29. The van der Waals surface area contributed by atoms with Crippen LogP contribution >= 0.6 is 15.9 Å². The summed E-state index contributed by atoms with van der Waals surface area (Å²) in [5, 5.41) is 12.0. The van der Waals surface area contributed by atoms with Crippen molar-refractivity contribution in [1.29, 1.82) is 0 Å². The molecule has 1 fully saturated rings. The first-order valence-corrected chi connectivity index (χ1v) is 7.81. The maximum absolute atomic E-state index is 13.7. The van der Waals surface area contributed by atoms with Crippen LogP contribution in [0.2, 0.25) is 0 Å². The first-order chi connectivity index (χ1) is 11.5. The molecule has 0 unspecified atom stereocenters.